The monoisotopic (exact) mass is 544 g/mol. The standard InChI is InChI=1S/C30H32N4O4S/c1-30(2,3)34-29-26(27(32-34)20-11-6-5-7-12-20)28(22-14-8-9-15-23(22)37-4)39-19-25(36)33(29)18-24(35)31-17-21-13-10-16-38-21/h5-16,28H,17-19H2,1-4H3,(H,31,35). The van der Waals surface area contributed by atoms with Gasteiger partial charge in [0.25, 0.3) is 0 Å². The minimum Gasteiger partial charge on any atom is -0.496 e. The van der Waals surface area contributed by atoms with E-state index in [9.17, 15) is 9.59 Å². The first kappa shape index (κ1) is 26.6. The number of carbonyl (C=O) groups is 2. The lowest BCUT2D eigenvalue weighted by molar-refractivity contribution is -0.123. The molecular formula is C30H32N4O4S. The number of para-hydroxylation sites is 1. The molecule has 1 N–H and O–H groups in total. The van der Waals surface area contributed by atoms with Crippen LogP contribution in [0.1, 0.15) is 42.9 Å². The Morgan fingerprint density at radius 2 is 1.85 bits per heavy atom. The molecule has 1 unspecified atom stereocenters. The van der Waals surface area contributed by atoms with Gasteiger partial charge < -0.3 is 14.5 Å². The van der Waals surface area contributed by atoms with E-state index < -0.39 is 5.54 Å². The van der Waals surface area contributed by atoms with Crippen molar-refractivity contribution in [3.8, 4) is 17.0 Å². The Bertz CT molecular complexity index is 1460. The maximum Gasteiger partial charge on any atom is 0.240 e. The molecule has 2 amide bonds. The number of hydrogen-bond acceptors (Lipinski definition) is 6. The number of hydrogen-bond donors (Lipinski definition) is 1. The van der Waals surface area contributed by atoms with Crippen LogP contribution >= 0.6 is 11.8 Å². The van der Waals surface area contributed by atoms with Gasteiger partial charge in [-0.3, -0.25) is 14.5 Å². The fraction of sp³-hybridized carbons (Fsp3) is 0.300. The van der Waals surface area contributed by atoms with Crippen LogP contribution < -0.4 is 15.0 Å². The largest absolute Gasteiger partial charge is 0.496 e. The Labute approximate surface area is 232 Å². The Balaban J connectivity index is 1.68. The topological polar surface area (TPSA) is 89.6 Å². The maximum atomic E-state index is 13.7. The van der Waals surface area contributed by atoms with Crippen LogP contribution in [-0.4, -0.2) is 41.0 Å². The molecule has 3 heterocycles. The second-order valence-electron chi connectivity index (χ2n) is 10.3. The maximum absolute atomic E-state index is 13.7. The first-order chi connectivity index (χ1) is 18.8. The van der Waals surface area contributed by atoms with E-state index in [0.29, 0.717) is 11.6 Å². The van der Waals surface area contributed by atoms with Crippen molar-refractivity contribution in [1.29, 1.82) is 0 Å². The predicted molar refractivity (Wildman–Crippen MR) is 153 cm³/mol. The van der Waals surface area contributed by atoms with E-state index in [1.807, 2.05) is 80.1 Å². The third-order valence-electron chi connectivity index (χ3n) is 6.53. The highest BCUT2D eigenvalue weighted by molar-refractivity contribution is 8.00. The number of benzene rings is 2. The summed E-state index contributed by atoms with van der Waals surface area (Å²) in [6.07, 6.45) is 1.56. The third-order valence-corrected chi connectivity index (χ3v) is 7.77. The number of aromatic nitrogens is 2. The van der Waals surface area contributed by atoms with Crippen molar-refractivity contribution >= 4 is 29.4 Å². The number of nitrogens with zero attached hydrogens (tertiary/aromatic N) is 3. The summed E-state index contributed by atoms with van der Waals surface area (Å²) in [5, 5.41) is 7.74. The molecule has 1 aliphatic heterocycles. The van der Waals surface area contributed by atoms with Gasteiger partial charge in [-0.05, 0) is 39.0 Å². The summed E-state index contributed by atoms with van der Waals surface area (Å²) in [5.41, 5.74) is 3.08. The van der Waals surface area contributed by atoms with Crippen LogP contribution in [0.4, 0.5) is 5.82 Å². The van der Waals surface area contributed by atoms with Gasteiger partial charge in [-0.2, -0.15) is 5.10 Å². The van der Waals surface area contributed by atoms with Crippen molar-refractivity contribution in [2.75, 3.05) is 24.3 Å². The number of nitrogens with one attached hydrogen (secondary N) is 1. The van der Waals surface area contributed by atoms with E-state index in [1.165, 1.54) is 11.8 Å². The number of fused-ring (bicyclic) bond motifs is 1. The van der Waals surface area contributed by atoms with Crippen LogP contribution in [0.2, 0.25) is 0 Å². The lowest BCUT2D eigenvalue weighted by atomic mass is 9.98. The summed E-state index contributed by atoms with van der Waals surface area (Å²) >= 11 is 1.52. The molecule has 0 saturated heterocycles. The average Bonchev–Trinajstić information content (AvgIpc) is 3.57. The first-order valence-corrected chi connectivity index (χ1v) is 13.9. The van der Waals surface area contributed by atoms with Gasteiger partial charge in [-0.1, -0.05) is 48.5 Å². The van der Waals surface area contributed by atoms with Crippen LogP contribution in [0.15, 0.2) is 77.4 Å². The average molecular weight is 545 g/mol. The number of furan rings is 1. The molecule has 2 aromatic heterocycles. The van der Waals surface area contributed by atoms with E-state index in [4.69, 9.17) is 14.3 Å². The number of anilines is 1. The van der Waals surface area contributed by atoms with Crippen LogP contribution in [0.5, 0.6) is 5.75 Å². The van der Waals surface area contributed by atoms with Crippen molar-refractivity contribution in [3.05, 3.63) is 89.9 Å². The van der Waals surface area contributed by atoms with Crippen molar-refractivity contribution in [3.63, 3.8) is 0 Å². The summed E-state index contributed by atoms with van der Waals surface area (Å²) in [4.78, 5) is 28.5. The van der Waals surface area contributed by atoms with E-state index >= 15 is 0 Å². The van der Waals surface area contributed by atoms with Crippen LogP contribution in [-0.2, 0) is 21.7 Å². The lowest BCUT2D eigenvalue weighted by Crippen LogP contribution is -2.43. The quantitative estimate of drug-likeness (QED) is 0.336. The molecule has 39 heavy (non-hydrogen) atoms. The van der Waals surface area contributed by atoms with Gasteiger partial charge in [0.2, 0.25) is 11.8 Å². The molecule has 0 bridgehead atoms. The SMILES string of the molecule is COc1ccccc1C1SCC(=O)N(CC(=O)NCc2ccco2)c2c1c(-c1ccccc1)nn2C(C)(C)C. The first-order valence-electron chi connectivity index (χ1n) is 12.8. The van der Waals surface area contributed by atoms with Gasteiger partial charge in [0.05, 0.1) is 42.2 Å². The fourth-order valence-electron chi connectivity index (χ4n) is 4.72. The Morgan fingerprint density at radius 3 is 2.54 bits per heavy atom. The van der Waals surface area contributed by atoms with Gasteiger partial charge >= 0.3 is 0 Å². The van der Waals surface area contributed by atoms with E-state index in [0.717, 1.165) is 28.1 Å². The van der Waals surface area contributed by atoms with Crippen molar-refractivity contribution in [1.82, 2.24) is 15.1 Å². The van der Waals surface area contributed by atoms with Crippen LogP contribution in [0.3, 0.4) is 0 Å². The number of ether oxygens (including phenoxy) is 1. The van der Waals surface area contributed by atoms with Gasteiger partial charge in [0, 0.05) is 16.7 Å². The number of amides is 2. The Hall–Kier alpha value is -3.98. The van der Waals surface area contributed by atoms with Crippen molar-refractivity contribution in [2.24, 2.45) is 0 Å². The zero-order chi connectivity index (χ0) is 27.6. The highest BCUT2D eigenvalue weighted by Gasteiger charge is 2.40. The van der Waals surface area contributed by atoms with E-state index in [2.05, 4.69) is 5.32 Å². The second-order valence-corrected chi connectivity index (χ2v) is 11.4. The number of rotatable bonds is 7. The highest BCUT2D eigenvalue weighted by atomic mass is 32.2. The second kappa shape index (κ2) is 11.0. The third kappa shape index (κ3) is 5.45. The van der Waals surface area contributed by atoms with Crippen molar-refractivity contribution in [2.45, 2.75) is 38.1 Å². The van der Waals surface area contributed by atoms with Crippen LogP contribution in [0, 0.1) is 0 Å². The Morgan fingerprint density at radius 1 is 1.10 bits per heavy atom. The Kier molecular flexibility index (Phi) is 7.52. The minimum absolute atomic E-state index is 0.137. The van der Waals surface area contributed by atoms with Crippen LogP contribution in [0.25, 0.3) is 11.3 Å². The molecule has 4 aromatic rings. The molecule has 0 spiro atoms. The van der Waals surface area contributed by atoms with Gasteiger partial charge in [0.15, 0.2) is 0 Å². The van der Waals surface area contributed by atoms with E-state index in [-0.39, 0.29) is 35.9 Å². The molecule has 0 saturated carbocycles. The van der Waals surface area contributed by atoms with Crippen molar-refractivity contribution < 1.29 is 18.7 Å². The summed E-state index contributed by atoms with van der Waals surface area (Å²) in [7, 11) is 1.65. The number of methoxy groups -OCH3 is 1. The summed E-state index contributed by atoms with van der Waals surface area (Å²) in [5.74, 6) is 1.76. The summed E-state index contributed by atoms with van der Waals surface area (Å²) in [6, 6.07) is 21.4. The molecular weight excluding hydrogens is 512 g/mol. The molecule has 0 radical (unpaired) electrons. The zero-order valence-corrected chi connectivity index (χ0v) is 23.3. The molecule has 8 nitrogen and oxygen atoms in total. The molecule has 202 valence electrons. The van der Waals surface area contributed by atoms with Gasteiger partial charge in [-0.25, -0.2) is 4.68 Å². The van der Waals surface area contributed by atoms with E-state index in [1.54, 1.807) is 30.4 Å². The molecule has 9 heteroatoms. The molecule has 1 atom stereocenters. The zero-order valence-electron chi connectivity index (χ0n) is 22.5. The highest BCUT2D eigenvalue weighted by Crippen LogP contribution is 2.50. The van der Waals surface area contributed by atoms with Gasteiger partial charge in [-0.15, -0.1) is 11.8 Å². The fourth-order valence-corrected chi connectivity index (χ4v) is 5.95. The minimum atomic E-state index is -0.472. The lowest BCUT2D eigenvalue weighted by Gasteiger charge is -2.28. The smallest absolute Gasteiger partial charge is 0.240 e. The molecule has 5 rings (SSSR count). The molecule has 2 aromatic carbocycles. The normalized spacial score (nSPS) is 15.5. The molecule has 0 fully saturated rings. The predicted octanol–water partition coefficient (Wildman–Crippen LogP) is 5.39. The number of thioether (sulfide) groups is 1. The number of carbonyl (C=O) groups excluding carboxylic acids is 2. The van der Waals surface area contributed by atoms with Gasteiger partial charge in [0.1, 0.15) is 23.9 Å². The summed E-state index contributed by atoms with van der Waals surface area (Å²) in [6.45, 7) is 6.25. The molecule has 0 aliphatic carbocycles. The molecule has 1 aliphatic rings. The summed E-state index contributed by atoms with van der Waals surface area (Å²) < 4.78 is 13.0.